The van der Waals surface area contributed by atoms with Crippen molar-refractivity contribution in [3.05, 3.63) is 0 Å². The van der Waals surface area contributed by atoms with Crippen LogP contribution < -0.4 is 0 Å². The monoisotopic (exact) mass is 224 g/mol. The third-order valence-corrected chi connectivity index (χ3v) is 1.44. The Bertz CT molecular complexity index is 237. The molecule has 0 spiro atoms. The van der Waals surface area contributed by atoms with Gasteiger partial charge in [-0.05, 0) is 6.92 Å². The van der Waals surface area contributed by atoms with Gasteiger partial charge in [0.15, 0.2) is 12.2 Å². The van der Waals surface area contributed by atoms with E-state index >= 15 is 0 Å². The Morgan fingerprint density at radius 3 is 1.87 bits per heavy atom. The molecule has 8 nitrogen and oxygen atoms in total. The molecule has 0 aromatic rings. The Morgan fingerprint density at radius 2 is 1.53 bits per heavy atom. The predicted octanol–water partition coefficient (Wildman–Crippen LogP) is -2.96. The first-order chi connectivity index (χ1) is 6.77. The number of aliphatic carboxylic acids is 1. The number of hydrogen-bond acceptors (Lipinski definition) is 7. The largest absolute Gasteiger partial charge is 0.479 e. The van der Waals surface area contributed by atoms with Gasteiger partial charge in [0, 0.05) is 0 Å². The number of carboxylic acids is 1. The van der Waals surface area contributed by atoms with E-state index in [2.05, 4.69) is 4.74 Å². The standard InChI is InChI=1S/C7H12O8/c1-2(8)6(13)15-7(14)4(10)3(9)5(11)12/h2-4,6,8-10,13H,1H3,(H,11,12). The molecule has 8 heteroatoms. The van der Waals surface area contributed by atoms with Gasteiger partial charge in [-0.25, -0.2) is 9.59 Å². The summed E-state index contributed by atoms with van der Waals surface area (Å²) >= 11 is 0. The van der Waals surface area contributed by atoms with Crippen LogP contribution in [0.15, 0.2) is 0 Å². The summed E-state index contributed by atoms with van der Waals surface area (Å²) in [5.74, 6) is -3.36. The number of aliphatic hydroxyl groups excluding tert-OH is 4. The zero-order valence-electron chi connectivity index (χ0n) is 7.77. The van der Waals surface area contributed by atoms with E-state index in [-0.39, 0.29) is 0 Å². The second kappa shape index (κ2) is 5.61. The molecule has 0 aliphatic rings. The maximum Gasteiger partial charge on any atom is 0.340 e. The van der Waals surface area contributed by atoms with Crippen molar-refractivity contribution < 1.29 is 39.9 Å². The summed E-state index contributed by atoms with van der Waals surface area (Å²) in [6.07, 6.45) is -7.97. The minimum Gasteiger partial charge on any atom is -0.479 e. The average Bonchev–Trinajstić information content (AvgIpc) is 2.14. The van der Waals surface area contributed by atoms with Crippen molar-refractivity contribution in [3.8, 4) is 0 Å². The molecule has 88 valence electrons. The van der Waals surface area contributed by atoms with Gasteiger partial charge in [-0.2, -0.15) is 0 Å². The normalized spacial score (nSPS) is 18.7. The molecule has 0 heterocycles. The maximum absolute atomic E-state index is 10.8. The lowest BCUT2D eigenvalue weighted by Crippen LogP contribution is -2.43. The van der Waals surface area contributed by atoms with Crippen LogP contribution in [-0.2, 0) is 14.3 Å². The summed E-state index contributed by atoms with van der Waals surface area (Å²) in [5, 5.41) is 43.4. The molecule has 0 aromatic heterocycles. The minimum absolute atomic E-state index is 1.11. The molecule has 0 aromatic carbocycles. The molecule has 0 rings (SSSR count). The molecule has 0 saturated heterocycles. The van der Waals surface area contributed by atoms with Gasteiger partial charge in [0.25, 0.3) is 0 Å². The number of ether oxygens (including phenoxy) is 1. The smallest absolute Gasteiger partial charge is 0.340 e. The van der Waals surface area contributed by atoms with Gasteiger partial charge >= 0.3 is 11.9 Å². The predicted molar refractivity (Wildman–Crippen MR) is 43.4 cm³/mol. The number of aliphatic hydroxyl groups is 4. The molecular weight excluding hydrogens is 212 g/mol. The van der Waals surface area contributed by atoms with Crippen LogP contribution in [0.25, 0.3) is 0 Å². The summed E-state index contributed by atoms with van der Waals surface area (Å²) in [6, 6.07) is 0. The van der Waals surface area contributed by atoms with Gasteiger partial charge in [-0.3, -0.25) is 0 Å². The summed E-state index contributed by atoms with van der Waals surface area (Å²) in [6.45, 7) is 1.11. The van der Waals surface area contributed by atoms with Gasteiger partial charge < -0.3 is 30.3 Å². The second-order valence-electron chi connectivity index (χ2n) is 2.80. The molecule has 0 radical (unpaired) electrons. The van der Waals surface area contributed by atoms with Crippen molar-refractivity contribution in [2.75, 3.05) is 0 Å². The van der Waals surface area contributed by atoms with Crippen LogP contribution >= 0.6 is 0 Å². The van der Waals surface area contributed by atoms with Gasteiger partial charge in [-0.1, -0.05) is 0 Å². The van der Waals surface area contributed by atoms with Crippen LogP contribution in [0.1, 0.15) is 6.92 Å². The van der Waals surface area contributed by atoms with Crippen molar-refractivity contribution in [1.29, 1.82) is 0 Å². The first kappa shape index (κ1) is 13.8. The van der Waals surface area contributed by atoms with E-state index < -0.39 is 36.5 Å². The SMILES string of the molecule is CC(O)C(O)OC(=O)C(O)C(O)C(=O)O. The molecule has 0 saturated carbocycles. The average molecular weight is 224 g/mol. The van der Waals surface area contributed by atoms with Gasteiger partial charge in [0.2, 0.25) is 6.29 Å². The number of carbonyl (C=O) groups is 2. The van der Waals surface area contributed by atoms with E-state index in [1.165, 1.54) is 0 Å². The third kappa shape index (κ3) is 4.21. The molecule has 4 atom stereocenters. The van der Waals surface area contributed by atoms with E-state index in [4.69, 9.17) is 25.5 Å². The van der Waals surface area contributed by atoms with Crippen molar-refractivity contribution in [2.45, 2.75) is 31.5 Å². The molecular formula is C7H12O8. The lowest BCUT2D eigenvalue weighted by Gasteiger charge is -2.18. The molecule has 0 amide bonds. The van der Waals surface area contributed by atoms with Gasteiger partial charge in [-0.15, -0.1) is 0 Å². The summed E-state index contributed by atoms with van der Waals surface area (Å²) in [7, 11) is 0. The first-order valence-electron chi connectivity index (χ1n) is 3.93. The number of carbonyl (C=O) groups excluding carboxylic acids is 1. The van der Waals surface area contributed by atoms with Crippen molar-refractivity contribution in [2.24, 2.45) is 0 Å². The highest BCUT2D eigenvalue weighted by molar-refractivity contribution is 5.84. The Hall–Kier alpha value is -1.22. The molecule has 4 unspecified atom stereocenters. The van der Waals surface area contributed by atoms with Crippen molar-refractivity contribution >= 4 is 11.9 Å². The van der Waals surface area contributed by atoms with E-state index in [1.54, 1.807) is 0 Å². The van der Waals surface area contributed by atoms with Gasteiger partial charge in [0.05, 0.1) is 0 Å². The molecule has 5 N–H and O–H groups in total. The van der Waals surface area contributed by atoms with Crippen LogP contribution in [-0.4, -0.2) is 62.1 Å². The zero-order chi connectivity index (χ0) is 12.2. The molecule has 0 bridgehead atoms. The lowest BCUT2D eigenvalue weighted by molar-refractivity contribution is -0.199. The topological polar surface area (TPSA) is 145 Å². The summed E-state index contributed by atoms with van der Waals surface area (Å²) in [4.78, 5) is 21.0. The summed E-state index contributed by atoms with van der Waals surface area (Å²) < 4.78 is 4.04. The highest BCUT2D eigenvalue weighted by Crippen LogP contribution is 2.02. The third-order valence-electron chi connectivity index (χ3n) is 1.44. The fourth-order valence-corrected chi connectivity index (χ4v) is 0.551. The lowest BCUT2D eigenvalue weighted by atomic mass is 10.2. The zero-order valence-corrected chi connectivity index (χ0v) is 7.77. The van der Waals surface area contributed by atoms with Gasteiger partial charge in [0.1, 0.15) is 6.10 Å². The molecule has 15 heavy (non-hydrogen) atoms. The molecule has 0 aliphatic carbocycles. The van der Waals surface area contributed by atoms with Crippen LogP contribution in [0.2, 0.25) is 0 Å². The van der Waals surface area contributed by atoms with E-state index in [0.29, 0.717) is 0 Å². The Balaban J connectivity index is 4.27. The molecule has 0 aliphatic heterocycles. The van der Waals surface area contributed by atoms with Crippen molar-refractivity contribution in [3.63, 3.8) is 0 Å². The fourth-order valence-electron chi connectivity index (χ4n) is 0.551. The van der Waals surface area contributed by atoms with Crippen LogP contribution in [0.3, 0.4) is 0 Å². The van der Waals surface area contributed by atoms with Crippen LogP contribution in [0, 0.1) is 0 Å². The number of hydrogen-bond donors (Lipinski definition) is 5. The Kier molecular flexibility index (Phi) is 5.15. The molecule has 0 fully saturated rings. The number of esters is 1. The second-order valence-corrected chi connectivity index (χ2v) is 2.80. The highest BCUT2D eigenvalue weighted by Gasteiger charge is 2.33. The first-order valence-corrected chi connectivity index (χ1v) is 3.93. The number of rotatable bonds is 5. The maximum atomic E-state index is 10.8. The van der Waals surface area contributed by atoms with E-state index in [1.807, 2.05) is 0 Å². The van der Waals surface area contributed by atoms with E-state index in [9.17, 15) is 9.59 Å². The highest BCUT2D eigenvalue weighted by atomic mass is 16.7. The quantitative estimate of drug-likeness (QED) is 0.246. The van der Waals surface area contributed by atoms with E-state index in [0.717, 1.165) is 6.92 Å². The van der Waals surface area contributed by atoms with Crippen LogP contribution in [0.5, 0.6) is 0 Å². The Labute approximate surface area is 84.3 Å². The minimum atomic E-state index is -2.35. The van der Waals surface area contributed by atoms with Crippen LogP contribution in [0.4, 0.5) is 0 Å². The number of carboxylic acid groups (broad SMARTS) is 1. The summed E-state index contributed by atoms with van der Waals surface area (Å²) in [5.41, 5.74) is 0. The van der Waals surface area contributed by atoms with Crippen molar-refractivity contribution in [1.82, 2.24) is 0 Å². The fraction of sp³-hybridized carbons (Fsp3) is 0.714. The Morgan fingerprint density at radius 1 is 1.07 bits per heavy atom.